The maximum atomic E-state index is 13.0. The zero-order valence-electron chi connectivity index (χ0n) is 15.4. The second-order valence-corrected chi connectivity index (χ2v) is 7.04. The Morgan fingerprint density at radius 2 is 2.00 bits per heavy atom. The summed E-state index contributed by atoms with van der Waals surface area (Å²) in [5.41, 5.74) is 2.03. The number of nitrogens with one attached hydrogen (secondary N) is 2. The van der Waals surface area contributed by atoms with Gasteiger partial charge in [0.05, 0.1) is 16.6 Å². The van der Waals surface area contributed by atoms with Crippen LogP contribution in [0.15, 0.2) is 48.5 Å². The molecular formula is C21H24ClN3O2. The Hall–Kier alpha value is -2.37. The van der Waals surface area contributed by atoms with Crippen LogP contribution in [0.4, 0.5) is 5.69 Å². The Bertz CT molecular complexity index is 804. The number of amides is 2. The summed E-state index contributed by atoms with van der Waals surface area (Å²) in [4.78, 5) is 27.1. The summed E-state index contributed by atoms with van der Waals surface area (Å²) >= 11 is 6.29. The number of hydrogen-bond donors (Lipinski definition) is 2. The van der Waals surface area contributed by atoms with Crippen LogP contribution >= 0.6 is 11.6 Å². The van der Waals surface area contributed by atoms with E-state index < -0.39 is 0 Å². The fourth-order valence-electron chi connectivity index (χ4n) is 3.21. The van der Waals surface area contributed by atoms with Crippen LogP contribution in [-0.4, -0.2) is 35.8 Å². The Morgan fingerprint density at radius 1 is 1.22 bits per heavy atom. The molecule has 1 fully saturated rings. The predicted octanol–water partition coefficient (Wildman–Crippen LogP) is 3.69. The van der Waals surface area contributed by atoms with Crippen molar-refractivity contribution in [2.75, 3.05) is 18.4 Å². The summed E-state index contributed by atoms with van der Waals surface area (Å²) in [6, 6.07) is 14.7. The molecule has 2 amide bonds. The van der Waals surface area contributed by atoms with Crippen molar-refractivity contribution in [2.45, 2.75) is 32.4 Å². The van der Waals surface area contributed by atoms with Crippen molar-refractivity contribution in [3.8, 4) is 0 Å². The van der Waals surface area contributed by atoms with E-state index in [1.54, 1.807) is 23.1 Å². The van der Waals surface area contributed by atoms with E-state index in [-0.39, 0.29) is 17.9 Å². The van der Waals surface area contributed by atoms with Crippen LogP contribution in [0.1, 0.15) is 35.7 Å². The Morgan fingerprint density at radius 3 is 2.67 bits per heavy atom. The highest BCUT2D eigenvalue weighted by Gasteiger charge is 2.23. The van der Waals surface area contributed by atoms with Crippen molar-refractivity contribution >= 4 is 29.1 Å². The monoisotopic (exact) mass is 385 g/mol. The summed E-state index contributed by atoms with van der Waals surface area (Å²) in [6.07, 6.45) is 1.82. The number of anilines is 1. The first-order chi connectivity index (χ1) is 13.1. The van der Waals surface area contributed by atoms with Gasteiger partial charge in [-0.2, -0.15) is 0 Å². The molecular weight excluding hydrogens is 362 g/mol. The van der Waals surface area contributed by atoms with Gasteiger partial charge in [0.1, 0.15) is 0 Å². The van der Waals surface area contributed by atoms with E-state index in [1.165, 1.54) is 0 Å². The van der Waals surface area contributed by atoms with E-state index in [4.69, 9.17) is 11.6 Å². The van der Waals surface area contributed by atoms with Crippen LogP contribution in [0.3, 0.4) is 0 Å². The molecule has 0 bridgehead atoms. The van der Waals surface area contributed by atoms with Gasteiger partial charge in [-0.25, -0.2) is 0 Å². The average molecular weight is 386 g/mol. The molecule has 0 aromatic heterocycles. The van der Waals surface area contributed by atoms with Gasteiger partial charge in [0.2, 0.25) is 5.91 Å². The molecule has 1 saturated heterocycles. The standard InChI is InChI=1S/C21H24ClN3O2/c1-2-25(14-15-7-4-3-5-8-15)21(27)17-13-16(10-11-18(17)22)24-20(26)19-9-6-12-23-19/h3-5,7-8,10-11,13,19,23H,2,6,9,12,14H2,1H3,(H,24,26). The third-order valence-electron chi connectivity index (χ3n) is 4.73. The van der Waals surface area contributed by atoms with Gasteiger partial charge < -0.3 is 15.5 Å². The average Bonchev–Trinajstić information content (AvgIpc) is 3.23. The molecule has 1 unspecified atom stereocenters. The predicted molar refractivity (Wildman–Crippen MR) is 108 cm³/mol. The molecule has 3 rings (SSSR count). The number of halogens is 1. The second kappa shape index (κ2) is 9.02. The van der Waals surface area contributed by atoms with Gasteiger partial charge in [-0.3, -0.25) is 9.59 Å². The molecule has 5 nitrogen and oxygen atoms in total. The lowest BCUT2D eigenvalue weighted by molar-refractivity contribution is -0.117. The Kier molecular flexibility index (Phi) is 6.48. The molecule has 6 heteroatoms. The van der Waals surface area contributed by atoms with Crippen LogP contribution in [0.25, 0.3) is 0 Å². The SMILES string of the molecule is CCN(Cc1ccccc1)C(=O)c1cc(NC(=O)C2CCCN2)ccc1Cl. The van der Waals surface area contributed by atoms with E-state index in [1.807, 2.05) is 37.3 Å². The lowest BCUT2D eigenvalue weighted by Crippen LogP contribution is -2.35. The number of nitrogens with zero attached hydrogens (tertiary/aromatic N) is 1. The largest absolute Gasteiger partial charge is 0.335 e. The molecule has 1 aliphatic heterocycles. The molecule has 1 aliphatic rings. The minimum Gasteiger partial charge on any atom is -0.335 e. The van der Waals surface area contributed by atoms with Gasteiger partial charge in [-0.15, -0.1) is 0 Å². The summed E-state index contributed by atoms with van der Waals surface area (Å²) in [6.45, 7) is 3.86. The zero-order valence-corrected chi connectivity index (χ0v) is 16.1. The molecule has 27 heavy (non-hydrogen) atoms. The number of hydrogen-bond acceptors (Lipinski definition) is 3. The third-order valence-corrected chi connectivity index (χ3v) is 5.06. The highest BCUT2D eigenvalue weighted by atomic mass is 35.5. The van der Waals surface area contributed by atoms with Gasteiger partial charge in [0.15, 0.2) is 0 Å². The molecule has 0 radical (unpaired) electrons. The highest BCUT2D eigenvalue weighted by molar-refractivity contribution is 6.34. The maximum Gasteiger partial charge on any atom is 0.255 e. The van der Waals surface area contributed by atoms with Crippen molar-refractivity contribution < 1.29 is 9.59 Å². The highest BCUT2D eigenvalue weighted by Crippen LogP contribution is 2.23. The van der Waals surface area contributed by atoms with E-state index >= 15 is 0 Å². The number of carbonyl (C=O) groups excluding carboxylic acids is 2. The minimum absolute atomic E-state index is 0.0788. The first-order valence-corrected chi connectivity index (χ1v) is 9.63. The number of carbonyl (C=O) groups is 2. The number of benzene rings is 2. The molecule has 0 aliphatic carbocycles. The van der Waals surface area contributed by atoms with E-state index in [9.17, 15) is 9.59 Å². The first kappa shape index (κ1) is 19.4. The fourth-order valence-corrected chi connectivity index (χ4v) is 3.40. The molecule has 1 heterocycles. The van der Waals surface area contributed by atoms with Crippen LogP contribution in [0.5, 0.6) is 0 Å². The van der Waals surface area contributed by atoms with Gasteiger partial charge in [-0.05, 0) is 50.1 Å². The van der Waals surface area contributed by atoms with Gasteiger partial charge in [0.25, 0.3) is 5.91 Å². The van der Waals surface area contributed by atoms with Crippen molar-refractivity contribution in [1.29, 1.82) is 0 Å². The topological polar surface area (TPSA) is 61.4 Å². The summed E-state index contributed by atoms with van der Waals surface area (Å²) < 4.78 is 0. The zero-order chi connectivity index (χ0) is 19.2. The van der Waals surface area contributed by atoms with Crippen molar-refractivity contribution in [2.24, 2.45) is 0 Å². The Balaban J connectivity index is 1.75. The van der Waals surface area contributed by atoms with E-state index in [0.717, 1.165) is 24.9 Å². The quantitative estimate of drug-likeness (QED) is 0.797. The first-order valence-electron chi connectivity index (χ1n) is 9.25. The van der Waals surface area contributed by atoms with Gasteiger partial charge in [-0.1, -0.05) is 41.9 Å². The molecule has 2 N–H and O–H groups in total. The summed E-state index contributed by atoms with van der Waals surface area (Å²) in [7, 11) is 0. The molecule has 1 atom stereocenters. The van der Waals surface area contributed by atoms with Crippen LogP contribution < -0.4 is 10.6 Å². The van der Waals surface area contributed by atoms with Crippen molar-refractivity contribution in [3.63, 3.8) is 0 Å². The van der Waals surface area contributed by atoms with E-state index in [2.05, 4.69) is 10.6 Å². The van der Waals surface area contributed by atoms with Gasteiger partial charge >= 0.3 is 0 Å². The summed E-state index contributed by atoms with van der Waals surface area (Å²) in [5, 5.41) is 6.43. The Labute approximate surface area is 164 Å². The van der Waals surface area contributed by atoms with Crippen LogP contribution in [0, 0.1) is 0 Å². The van der Waals surface area contributed by atoms with Crippen molar-refractivity contribution in [3.05, 3.63) is 64.7 Å². The lowest BCUT2D eigenvalue weighted by atomic mass is 10.1. The van der Waals surface area contributed by atoms with Crippen LogP contribution in [0.2, 0.25) is 5.02 Å². The second-order valence-electron chi connectivity index (χ2n) is 6.64. The normalized spacial score (nSPS) is 16.1. The smallest absolute Gasteiger partial charge is 0.255 e. The molecule has 2 aromatic rings. The lowest BCUT2D eigenvalue weighted by Gasteiger charge is -2.22. The molecule has 0 spiro atoms. The molecule has 0 saturated carbocycles. The molecule has 142 valence electrons. The maximum absolute atomic E-state index is 13.0. The van der Waals surface area contributed by atoms with Crippen LogP contribution in [-0.2, 0) is 11.3 Å². The van der Waals surface area contributed by atoms with Crippen molar-refractivity contribution in [1.82, 2.24) is 10.2 Å². The van der Waals surface area contributed by atoms with E-state index in [0.29, 0.717) is 29.4 Å². The van der Waals surface area contributed by atoms with Gasteiger partial charge in [0, 0.05) is 18.8 Å². The number of rotatable bonds is 6. The third kappa shape index (κ3) is 4.87. The minimum atomic E-state index is -0.176. The molecule has 2 aromatic carbocycles. The fraction of sp³-hybridized carbons (Fsp3) is 0.333. The summed E-state index contributed by atoms with van der Waals surface area (Å²) in [5.74, 6) is -0.230.